The number of anilines is 1. The average molecular weight is 244 g/mol. The van der Waals surface area contributed by atoms with Gasteiger partial charge in [0, 0.05) is 6.20 Å². The maximum absolute atomic E-state index is 11.7. The largest absolute Gasteiger partial charge is 0.478 e. The van der Waals surface area contributed by atoms with E-state index in [9.17, 15) is 9.59 Å². The maximum atomic E-state index is 11.7. The summed E-state index contributed by atoms with van der Waals surface area (Å²) in [6.07, 6.45) is 4.00. The van der Waals surface area contributed by atoms with Crippen LogP contribution in [0.3, 0.4) is 0 Å². The summed E-state index contributed by atoms with van der Waals surface area (Å²) >= 11 is 0. The van der Waals surface area contributed by atoms with E-state index in [2.05, 4.69) is 20.5 Å². The van der Waals surface area contributed by atoms with E-state index in [0.717, 1.165) is 0 Å². The number of aromatic nitrogens is 3. The molecular weight excluding hydrogens is 236 g/mol. The summed E-state index contributed by atoms with van der Waals surface area (Å²) in [5.41, 5.74) is 0.362. The van der Waals surface area contributed by atoms with Gasteiger partial charge in [0.15, 0.2) is 0 Å². The van der Waals surface area contributed by atoms with Crippen LogP contribution in [-0.4, -0.2) is 32.2 Å². The Morgan fingerprint density at radius 3 is 2.56 bits per heavy atom. The highest BCUT2D eigenvalue weighted by Crippen LogP contribution is 2.08. The molecule has 0 radical (unpaired) electrons. The molecule has 2 N–H and O–H groups in total. The molecule has 0 aliphatic rings. The molecule has 0 aliphatic carbocycles. The molecule has 18 heavy (non-hydrogen) atoms. The minimum Gasteiger partial charge on any atom is -0.478 e. The van der Waals surface area contributed by atoms with Gasteiger partial charge in [-0.25, -0.2) is 9.78 Å². The first-order valence-electron chi connectivity index (χ1n) is 4.94. The Morgan fingerprint density at radius 1 is 1.11 bits per heavy atom. The Labute approximate surface area is 102 Å². The summed E-state index contributed by atoms with van der Waals surface area (Å²) in [5.74, 6) is -1.35. The number of hydrogen-bond donors (Lipinski definition) is 2. The number of carbonyl (C=O) groups excluding carboxylic acids is 1. The van der Waals surface area contributed by atoms with Gasteiger partial charge in [-0.2, -0.15) is 10.2 Å². The second kappa shape index (κ2) is 5.00. The van der Waals surface area contributed by atoms with Crippen LogP contribution in [0.25, 0.3) is 0 Å². The van der Waals surface area contributed by atoms with Crippen molar-refractivity contribution < 1.29 is 14.7 Å². The van der Waals surface area contributed by atoms with E-state index >= 15 is 0 Å². The lowest BCUT2D eigenvalue weighted by atomic mass is 10.2. The third kappa shape index (κ3) is 2.64. The smallest absolute Gasteiger partial charge is 0.335 e. The molecule has 1 amide bonds. The van der Waals surface area contributed by atoms with Gasteiger partial charge in [-0.3, -0.25) is 4.79 Å². The van der Waals surface area contributed by atoms with E-state index in [1.165, 1.54) is 36.8 Å². The van der Waals surface area contributed by atoms with Crippen LogP contribution in [0.2, 0.25) is 0 Å². The SMILES string of the molecule is O=C(O)c1ccnc(NC(=O)c2ccnnc2)c1. The van der Waals surface area contributed by atoms with Crippen molar-refractivity contribution in [2.75, 3.05) is 5.32 Å². The topological polar surface area (TPSA) is 105 Å². The number of rotatable bonds is 3. The predicted octanol–water partition coefficient (Wildman–Crippen LogP) is 0.822. The van der Waals surface area contributed by atoms with Gasteiger partial charge in [-0.1, -0.05) is 0 Å². The van der Waals surface area contributed by atoms with Crippen molar-refractivity contribution in [3.05, 3.63) is 47.9 Å². The van der Waals surface area contributed by atoms with Gasteiger partial charge in [0.2, 0.25) is 0 Å². The van der Waals surface area contributed by atoms with Crippen molar-refractivity contribution >= 4 is 17.7 Å². The molecule has 0 saturated carbocycles. The van der Waals surface area contributed by atoms with E-state index in [4.69, 9.17) is 5.11 Å². The number of carbonyl (C=O) groups is 2. The van der Waals surface area contributed by atoms with E-state index in [1.54, 1.807) is 0 Å². The number of hydrogen-bond acceptors (Lipinski definition) is 5. The summed E-state index contributed by atoms with van der Waals surface area (Å²) in [6, 6.07) is 4.10. The highest BCUT2D eigenvalue weighted by molar-refractivity contribution is 6.03. The maximum Gasteiger partial charge on any atom is 0.335 e. The molecule has 0 aromatic carbocycles. The highest BCUT2D eigenvalue weighted by atomic mass is 16.4. The summed E-state index contributed by atoms with van der Waals surface area (Å²) in [6.45, 7) is 0. The second-order valence-corrected chi connectivity index (χ2v) is 3.32. The van der Waals surface area contributed by atoms with E-state index in [-0.39, 0.29) is 11.4 Å². The van der Waals surface area contributed by atoms with Gasteiger partial charge in [-0.05, 0) is 18.2 Å². The summed E-state index contributed by atoms with van der Waals surface area (Å²) in [4.78, 5) is 26.3. The normalized spacial score (nSPS) is 9.78. The van der Waals surface area contributed by atoms with Crippen LogP contribution in [0.1, 0.15) is 20.7 Å². The van der Waals surface area contributed by atoms with Crippen LogP contribution in [0, 0.1) is 0 Å². The number of pyridine rings is 1. The summed E-state index contributed by atoms with van der Waals surface area (Å²) in [7, 11) is 0. The third-order valence-electron chi connectivity index (χ3n) is 2.09. The molecule has 0 unspecified atom stereocenters. The number of carboxylic acids is 1. The van der Waals surface area contributed by atoms with Crippen LogP contribution in [0.4, 0.5) is 5.82 Å². The molecule has 2 aromatic heterocycles. The Kier molecular flexibility index (Phi) is 3.24. The Bertz CT molecular complexity index is 586. The highest BCUT2D eigenvalue weighted by Gasteiger charge is 2.09. The zero-order valence-corrected chi connectivity index (χ0v) is 9.07. The van der Waals surface area contributed by atoms with Crippen LogP contribution in [0.5, 0.6) is 0 Å². The van der Waals surface area contributed by atoms with Crippen LogP contribution in [-0.2, 0) is 0 Å². The van der Waals surface area contributed by atoms with Gasteiger partial charge >= 0.3 is 5.97 Å². The number of carboxylic acid groups (broad SMARTS) is 1. The van der Waals surface area contributed by atoms with E-state index in [1.807, 2.05) is 0 Å². The van der Waals surface area contributed by atoms with Crippen molar-refractivity contribution in [1.82, 2.24) is 15.2 Å². The summed E-state index contributed by atoms with van der Waals surface area (Å²) in [5, 5.41) is 18.4. The molecule has 0 atom stereocenters. The van der Waals surface area contributed by atoms with Crippen molar-refractivity contribution in [2.45, 2.75) is 0 Å². The van der Waals surface area contributed by atoms with Gasteiger partial charge in [0.1, 0.15) is 5.82 Å². The molecule has 2 aromatic rings. The molecule has 0 bridgehead atoms. The van der Waals surface area contributed by atoms with Crippen LogP contribution in [0.15, 0.2) is 36.8 Å². The zero-order chi connectivity index (χ0) is 13.0. The molecule has 2 heterocycles. The molecule has 0 spiro atoms. The Morgan fingerprint density at radius 2 is 1.89 bits per heavy atom. The fraction of sp³-hybridized carbons (Fsp3) is 0. The van der Waals surface area contributed by atoms with Crippen LogP contribution >= 0.6 is 0 Å². The molecule has 90 valence electrons. The summed E-state index contributed by atoms with van der Waals surface area (Å²) < 4.78 is 0. The molecular formula is C11H8N4O3. The number of amides is 1. The molecule has 0 saturated heterocycles. The third-order valence-corrected chi connectivity index (χ3v) is 2.09. The number of nitrogens with zero attached hydrogens (tertiary/aromatic N) is 3. The lowest BCUT2D eigenvalue weighted by Crippen LogP contribution is -2.13. The van der Waals surface area contributed by atoms with E-state index < -0.39 is 11.9 Å². The van der Waals surface area contributed by atoms with Gasteiger partial charge in [0.25, 0.3) is 5.91 Å². The molecule has 7 nitrogen and oxygen atoms in total. The quantitative estimate of drug-likeness (QED) is 0.828. The van der Waals surface area contributed by atoms with Gasteiger partial charge in [-0.15, -0.1) is 0 Å². The van der Waals surface area contributed by atoms with Crippen molar-refractivity contribution in [3.8, 4) is 0 Å². The van der Waals surface area contributed by atoms with Crippen LogP contribution < -0.4 is 5.32 Å². The fourth-order valence-electron chi connectivity index (χ4n) is 1.25. The molecule has 0 fully saturated rings. The first-order chi connectivity index (χ1) is 8.66. The standard InChI is InChI=1S/C11H8N4O3/c16-10(8-2-4-13-14-6-8)15-9-5-7(11(17)18)1-3-12-9/h1-6H,(H,17,18)(H,12,15,16). The number of aromatic carboxylic acids is 1. The lowest BCUT2D eigenvalue weighted by Gasteiger charge is -2.04. The van der Waals surface area contributed by atoms with Gasteiger partial charge < -0.3 is 10.4 Å². The average Bonchev–Trinajstić information content (AvgIpc) is 2.40. The zero-order valence-electron chi connectivity index (χ0n) is 9.07. The molecule has 2 rings (SSSR count). The lowest BCUT2D eigenvalue weighted by molar-refractivity contribution is 0.0696. The van der Waals surface area contributed by atoms with Crippen molar-refractivity contribution in [1.29, 1.82) is 0 Å². The minimum atomic E-state index is -1.08. The van der Waals surface area contributed by atoms with E-state index in [0.29, 0.717) is 5.56 Å². The van der Waals surface area contributed by atoms with Crippen molar-refractivity contribution in [2.24, 2.45) is 0 Å². The fourth-order valence-corrected chi connectivity index (χ4v) is 1.25. The molecule has 0 aliphatic heterocycles. The second-order valence-electron chi connectivity index (χ2n) is 3.32. The predicted molar refractivity (Wildman–Crippen MR) is 61.2 cm³/mol. The number of nitrogens with one attached hydrogen (secondary N) is 1. The first-order valence-corrected chi connectivity index (χ1v) is 4.94. The van der Waals surface area contributed by atoms with Gasteiger partial charge in [0.05, 0.1) is 23.5 Å². The Hall–Kier alpha value is -2.83. The minimum absolute atomic E-state index is 0.0492. The Balaban J connectivity index is 2.17. The monoisotopic (exact) mass is 244 g/mol. The first kappa shape index (κ1) is 11.6. The van der Waals surface area contributed by atoms with Crippen molar-refractivity contribution in [3.63, 3.8) is 0 Å². The molecule has 7 heteroatoms.